The molecule has 9 nitrogen and oxygen atoms in total. The van der Waals surface area contributed by atoms with E-state index in [1.807, 2.05) is 24.4 Å². The number of amides is 2. The third-order valence-corrected chi connectivity index (χ3v) is 8.05. The standard InChI is InChI=1S/C28H33N5O4/c29-26(34)22-5-1-2-6-24(22)37-21-16-28(17-21)14-19(15-28)31-27(35)23-18-30-25-13-20(7-10-33(23)25)36-12-11-32-8-3-4-9-32/h1-2,5-7,10,13,18-19,21H,3-4,8-9,11-12,14-17H2,(H2,29,34)(H,31,35). The maximum absolute atomic E-state index is 13.0. The van der Waals surface area contributed by atoms with Crippen LogP contribution >= 0.6 is 0 Å². The van der Waals surface area contributed by atoms with Crippen molar-refractivity contribution in [3.05, 3.63) is 60.0 Å². The monoisotopic (exact) mass is 503 g/mol. The molecule has 194 valence electrons. The summed E-state index contributed by atoms with van der Waals surface area (Å²) in [6, 6.07) is 11.0. The topological polar surface area (TPSA) is 111 Å². The zero-order chi connectivity index (χ0) is 25.4. The van der Waals surface area contributed by atoms with Gasteiger partial charge in [-0.2, -0.15) is 0 Å². The lowest BCUT2D eigenvalue weighted by molar-refractivity contribution is -0.0834. The summed E-state index contributed by atoms with van der Waals surface area (Å²) >= 11 is 0. The number of carbonyl (C=O) groups is 2. The van der Waals surface area contributed by atoms with Crippen molar-refractivity contribution < 1.29 is 19.1 Å². The smallest absolute Gasteiger partial charge is 0.270 e. The van der Waals surface area contributed by atoms with Crippen molar-refractivity contribution >= 4 is 17.5 Å². The molecule has 0 radical (unpaired) electrons. The molecule has 2 aromatic heterocycles. The van der Waals surface area contributed by atoms with Crippen LogP contribution in [0.3, 0.4) is 0 Å². The Kier molecular flexibility index (Phi) is 6.24. The number of benzene rings is 1. The molecular weight excluding hydrogens is 470 g/mol. The van der Waals surface area contributed by atoms with E-state index in [0.29, 0.717) is 29.3 Å². The van der Waals surface area contributed by atoms with E-state index in [2.05, 4.69) is 15.2 Å². The summed E-state index contributed by atoms with van der Waals surface area (Å²) in [5, 5.41) is 3.16. The van der Waals surface area contributed by atoms with Gasteiger partial charge in [0.25, 0.3) is 11.8 Å². The van der Waals surface area contributed by atoms with E-state index in [-0.39, 0.29) is 23.5 Å². The van der Waals surface area contributed by atoms with Gasteiger partial charge in [-0.15, -0.1) is 0 Å². The van der Waals surface area contributed by atoms with Crippen LogP contribution in [0.2, 0.25) is 0 Å². The average Bonchev–Trinajstić information content (AvgIpc) is 3.51. The Bertz CT molecular complexity index is 1300. The molecule has 1 aliphatic heterocycles. The second kappa shape index (κ2) is 9.70. The number of para-hydroxylation sites is 1. The van der Waals surface area contributed by atoms with Crippen molar-refractivity contribution in [2.45, 2.75) is 50.7 Å². The first-order valence-corrected chi connectivity index (χ1v) is 13.2. The average molecular weight is 504 g/mol. The highest BCUT2D eigenvalue weighted by molar-refractivity contribution is 5.95. The number of nitrogens with two attached hydrogens (primary N) is 1. The van der Waals surface area contributed by atoms with E-state index in [1.54, 1.807) is 28.8 Å². The number of aromatic nitrogens is 2. The summed E-state index contributed by atoms with van der Waals surface area (Å²) in [4.78, 5) is 31.4. The molecule has 3 aromatic rings. The summed E-state index contributed by atoms with van der Waals surface area (Å²) in [6.07, 6.45) is 9.79. The maximum atomic E-state index is 13.0. The normalized spacial score (nSPS) is 25.0. The van der Waals surface area contributed by atoms with Crippen LogP contribution in [0.1, 0.15) is 59.4 Å². The predicted octanol–water partition coefficient (Wildman–Crippen LogP) is 3.03. The van der Waals surface area contributed by atoms with Gasteiger partial charge in [0.2, 0.25) is 0 Å². The van der Waals surface area contributed by atoms with Gasteiger partial charge in [0, 0.05) is 24.8 Å². The van der Waals surface area contributed by atoms with Crippen LogP contribution in [0.15, 0.2) is 48.8 Å². The molecule has 3 aliphatic rings. The van der Waals surface area contributed by atoms with Crippen molar-refractivity contribution in [3.63, 3.8) is 0 Å². The highest BCUT2D eigenvalue weighted by Gasteiger charge is 2.54. The van der Waals surface area contributed by atoms with Crippen LogP contribution in [0.4, 0.5) is 0 Å². The highest BCUT2D eigenvalue weighted by Crippen LogP contribution is 2.56. The van der Waals surface area contributed by atoms with Crippen LogP contribution in [0.25, 0.3) is 5.65 Å². The molecule has 6 rings (SSSR count). The molecule has 2 amide bonds. The Hall–Kier alpha value is -3.59. The van der Waals surface area contributed by atoms with Crippen LogP contribution in [-0.2, 0) is 0 Å². The van der Waals surface area contributed by atoms with Gasteiger partial charge in [0.05, 0.1) is 17.9 Å². The number of fused-ring (bicyclic) bond motifs is 1. The SMILES string of the molecule is NC(=O)c1ccccc1OC1CC2(CC(NC(=O)c3cnc4cc(OCCN5CCCC5)ccn34)C2)C1. The van der Waals surface area contributed by atoms with Crippen molar-refractivity contribution in [1.29, 1.82) is 0 Å². The molecule has 2 aliphatic carbocycles. The summed E-state index contributed by atoms with van der Waals surface area (Å²) in [5.74, 6) is 0.722. The lowest BCUT2D eigenvalue weighted by Crippen LogP contribution is -2.58. The molecular formula is C28H33N5O4. The third-order valence-electron chi connectivity index (χ3n) is 8.05. The van der Waals surface area contributed by atoms with E-state index in [9.17, 15) is 9.59 Å². The number of nitrogens with one attached hydrogen (secondary N) is 1. The van der Waals surface area contributed by atoms with Gasteiger partial charge in [-0.1, -0.05) is 12.1 Å². The molecule has 1 aromatic carbocycles. The van der Waals surface area contributed by atoms with Gasteiger partial charge >= 0.3 is 0 Å². The van der Waals surface area contributed by atoms with Gasteiger partial charge in [0.15, 0.2) is 0 Å². The third kappa shape index (κ3) is 4.87. The van der Waals surface area contributed by atoms with Gasteiger partial charge in [0.1, 0.15) is 29.4 Å². The molecule has 0 bridgehead atoms. The van der Waals surface area contributed by atoms with Crippen molar-refractivity contribution in [1.82, 2.24) is 19.6 Å². The van der Waals surface area contributed by atoms with Gasteiger partial charge in [-0.3, -0.25) is 18.9 Å². The number of hydrogen-bond donors (Lipinski definition) is 2. The summed E-state index contributed by atoms with van der Waals surface area (Å²) in [6.45, 7) is 3.90. The van der Waals surface area contributed by atoms with Crippen LogP contribution in [0, 0.1) is 5.41 Å². The van der Waals surface area contributed by atoms with Crippen LogP contribution < -0.4 is 20.5 Å². The minimum atomic E-state index is -0.482. The Morgan fingerprint density at radius 2 is 1.89 bits per heavy atom. The lowest BCUT2D eigenvalue weighted by Gasteiger charge is -2.57. The van der Waals surface area contributed by atoms with Gasteiger partial charge in [-0.25, -0.2) is 4.98 Å². The second-order valence-corrected chi connectivity index (χ2v) is 10.7. The van der Waals surface area contributed by atoms with Gasteiger partial charge in [-0.05, 0) is 75.2 Å². The van der Waals surface area contributed by atoms with Crippen molar-refractivity contribution in [2.75, 3.05) is 26.2 Å². The number of hydrogen-bond acceptors (Lipinski definition) is 6. The fraction of sp³-hybridized carbons (Fsp3) is 0.464. The maximum Gasteiger partial charge on any atom is 0.270 e. The quantitative estimate of drug-likeness (QED) is 0.464. The van der Waals surface area contributed by atoms with E-state index >= 15 is 0 Å². The minimum Gasteiger partial charge on any atom is -0.492 e. The molecule has 37 heavy (non-hydrogen) atoms. The summed E-state index contributed by atoms with van der Waals surface area (Å²) in [7, 11) is 0. The Morgan fingerprint density at radius 1 is 1.11 bits per heavy atom. The first-order chi connectivity index (χ1) is 18.0. The summed E-state index contributed by atoms with van der Waals surface area (Å²) < 4.78 is 13.8. The number of rotatable bonds is 9. The molecule has 9 heteroatoms. The van der Waals surface area contributed by atoms with E-state index in [0.717, 1.165) is 51.1 Å². The van der Waals surface area contributed by atoms with Crippen LogP contribution in [-0.4, -0.2) is 64.5 Å². The Balaban J connectivity index is 0.981. The fourth-order valence-corrected chi connectivity index (χ4v) is 6.14. The molecule has 3 fully saturated rings. The highest BCUT2D eigenvalue weighted by atomic mass is 16.5. The Labute approximate surface area is 215 Å². The predicted molar refractivity (Wildman–Crippen MR) is 138 cm³/mol. The number of likely N-dealkylation sites (tertiary alicyclic amines) is 1. The second-order valence-electron chi connectivity index (χ2n) is 10.7. The molecule has 1 spiro atoms. The molecule has 0 unspecified atom stereocenters. The molecule has 0 atom stereocenters. The van der Waals surface area contributed by atoms with E-state index < -0.39 is 5.91 Å². The van der Waals surface area contributed by atoms with Gasteiger partial charge < -0.3 is 20.5 Å². The number of nitrogens with zero attached hydrogens (tertiary/aromatic N) is 3. The number of primary amides is 1. The van der Waals surface area contributed by atoms with E-state index in [4.69, 9.17) is 15.2 Å². The largest absolute Gasteiger partial charge is 0.492 e. The lowest BCUT2D eigenvalue weighted by atomic mass is 9.53. The Morgan fingerprint density at radius 3 is 2.68 bits per heavy atom. The zero-order valence-electron chi connectivity index (χ0n) is 20.9. The number of carbonyl (C=O) groups excluding carboxylic acids is 2. The van der Waals surface area contributed by atoms with Crippen molar-refractivity contribution in [3.8, 4) is 11.5 Å². The summed E-state index contributed by atoms with van der Waals surface area (Å²) in [5.41, 5.74) is 7.30. The minimum absolute atomic E-state index is 0.0719. The zero-order valence-corrected chi connectivity index (χ0v) is 20.9. The first kappa shape index (κ1) is 23.8. The van der Waals surface area contributed by atoms with E-state index in [1.165, 1.54) is 12.8 Å². The molecule has 3 heterocycles. The number of pyridine rings is 1. The molecule has 2 saturated carbocycles. The number of imidazole rings is 1. The van der Waals surface area contributed by atoms with Crippen LogP contribution in [0.5, 0.6) is 11.5 Å². The molecule has 3 N–H and O–H groups in total. The van der Waals surface area contributed by atoms with Crippen molar-refractivity contribution in [2.24, 2.45) is 11.1 Å². The molecule has 1 saturated heterocycles. The fourth-order valence-electron chi connectivity index (χ4n) is 6.14. The number of ether oxygens (including phenoxy) is 2. The first-order valence-electron chi connectivity index (χ1n) is 13.2.